The predicted molar refractivity (Wildman–Crippen MR) is 126 cm³/mol. The molecule has 1 aliphatic heterocycles. The van der Waals surface area contributed by atoms with Gasteiger partial charge in [0.2, 0.25) is 0 Å². The molecular formula is C26H23ClN2O4. The van der Waals surface area contributed by atoms with Gasteiger partial charge in [-0.25, -0.2) is 0 Å². The SMILES string of the molecule is CCCOc1cccc([C@@H]2/C(=C(\O)c3ccc(Cl)cc3)C(=O)C(=O)N2Cc2cccnc2)c1. The third-order valence-corrected chi connectivity index (χ3v) is 5.63. The number of pyridine rings is 1. The van der Waals surface area contributed by atoms with Gasteiger partial charge < -0.3 is 14.7 Å². The van der Waals surface area contributed by atoms with E-state index >= 15 is 0 Å². The summed E-state index contributed by atoms with van der Waals surface area (Å²) in [7, 11) is 0. The number of hydrogen-bond acceptors (Lipinski definition) is 5. The maximum absolute atomic E-state index is 13.1. The van der Waals surface area contributed by atoms with E-state index < -0.39 is 17.7 Å². The highest BCUT2D eigenvalue weighted by atomic mass is 35.5. The predicted octanol–water partition coefficient (Wildman–Crippen LogP) is 5.15. The van der Waals surface area contributed by atoms with E-state index in [4.69, 9.17) is 16.3 Å². The second-order valence-electron chi connectivity index (χ2n) is 7.72. The van der Waals surface area contributed by atoms with Gasteiger partial charge in [-0.1, -0.05) is 36.7 Å². The van der Waals surface area contributed by atoms with Gasteiger partial charge in [-0.3, -0.25) is 14.6 Å². The minimum Gasteiger partial charge on any atom is -0.507 e. The number of likely N-dealkylation sites (tertiary alicyclic amines) is 1. The number of nitrogens with zero attached hydrogens (tertiary/aromatic N) is 2. The molecule has 1 aromatic heterocycles. The topological polar surface area (TPSA) is 79.7 Å². The second-order valence-corrected chi connectivity index (χ2v) is 8.15. The normalized spacial score (nSPS) is 17.4. The van der Waals surface area contributed by atoms with Crippen molar-refractivity contribution in [3.63, 3.8) is 0 Å². The molecule has 168 valence electrons. The summed E-state index contributed by atoms with van der Waals surface area (Å²) < 4.78 is 5.76. The van der Waals surface area contributed by atoms with Gasteiger partial charge in [0.05, 0.1) is 18.2 Å². The highest BCUT2D eigenvalue weighted by Gasteiger charge is 2.46. The lowest BCUT2D eigenvalue weighted by Crippen LogP contribution is -2.29. The summed E-state index contributed by atoms with van der Waals surface area (Å²) >= 11 is 5.98. The van der Waals surface area contributed by atoms with Gasteiger partial charge in [0.1, 0.15) is 11.5 Å². The van der Waals surface area contributed by atoms with Crippen molar-refractivity contribution in [1.29, 1.82) is 0 Å². The van der Waals surface area contributed by atoms with Gasteiger partial charge >= 0.3 is 0 Å². The minimum atomic E-state index is -0.786. The quantitative estimate of drug-likeness (QED) is 0.298. The summed E-state index contributed by atoms with van der Waals surface area (Å²) in [5.41, 5.74) is 1.87. The van der Waals surface area contributed by atoms with Crippen molar-refractivity contribution in [2.24, 2.45) is 0 Å². The van der Waals surface area contributed by atoms with Crippen LogP contribution in [-0.2, 0) is 16.1 Å². The molecular weight excluding hydrogens is 440 g/mol. The molecule has 0 bridgehead atoms. The zero-order valence-corrected chi connectivity index (χ0v) is 18.8. The maximum Gasteiger partial charge on any atom is 0.295 e. The van der Waals surface area contributed by atoms with Crippen molar-refractivity contribution in [3.05, 3.63) is 100 Å². The number of carbonyl (C=O) groups excluding carboxylic acids is 2. The van der Waals surface area contributed by atoms with Crippen LogP contribution in [0.1, 0.15) is 36.1 Å². The first-order valence-corrected chi connectivity index (χ1v) is 11.0. The lowest BCUT2D eigenvalue weighted by atomic mass is 9.95. The Morgan fingerprint density at radius 2 is 1.91 bits per heavy atom. The number of Topliss-reactive ketones (excluding diaryl/α,β-unsaturated/α-hetero) is 1. The van der Waals surface area contributed by atoms with E-state index in [1.54, 1.807) is 48.8 Å². The fourth-order valence-corrected chi connectivity index (χ4v) is 3.96. The van der Waals surface area contributed by atoms with E-state index in [9.17, 15) is 14.7 Å². The molecule has 2 heterocycles. The number of aromatic nitrogens is 1. The molecule has 3 aromatic rings. The van der Waals surface area contributed by atoms with E-state index in [-0.39, 0.29) is 17.9 Å². The van der Waals surface area contributed by atoms with Crippen LogP contribution < -0.4 is 4.74 Å². The monoisotopic (exact) mass is 462 g/mol. The van der Waals surface area contributed by atoms with Crippen LogP contribution in [0.5, 0.6) is 5.75 Å². The molecule has 0 aliphatic carbocycles. The van der Waals surface area contributed by atoms with Crippen LogP contribution in [0.15, 0.2) is 78.6 Å². The molecule has 0 unspecified atom stereocenters. The standard InChI is InChI=1S/C26H23ClN2O4/c1-2-13-33-21-7-3-6-19(14-21)23-22(24(30)18-8-10-20(27)11-9-18)25(31)26(32)29(23)16-17-5-4-12-28-15-17/h3-12,14-15,23,30H,2,13,16H2,1H3/b24-22+/t23-/m1/s1. The average Bonchev–Trinajstić information content (AvgIpc) is 3.08. The number of aliphatic hydroxyl groups is 1. The van der Waals surface area contributed by atoms with E-state index in [0.29, 0.717) is 28.5 Å². The van der Waals surface area contributed by atoms with Crippen LogP contribution in [0.4, 0.5) is 0 Å². The van der Waals surface area contributed by atoms with Crippen molar-refractivity contribution < 1.29 is 19.4 Å². The fraction of sp³-hybridized carbons (Fsp3) is 0.192. The molecule has 0 saturated carbocycles. The van der Waals surface area contributed by atoms with E-state index in [0.717, 1.165) is 12.0 Å². The van der Waals surface area contributed by atoms with Crippen molar-refractivity contribution in [2.75, 3.05) is 6.61 Å². The highest BCUT2D eigenvalue weighted by Crippen LogP contribution is 2.41. The molecule has 1 fully saturated rings. The van der Waals surface area contributed by atoms with Crippen LogP contribution in [-0.4, -0.2) is 33.3 Å². The summed E-state index contributed by atoms with van der Waals surface area (Å²) in [4.78, 5) is 31.8. The Morgan fingerprint density at radius 3 is 2.61 bits per heavy atom. The second kappa shape index (κ2) is 9.88. The lowest BCUT2D eigenvalue weighted by Gasteiger charge is -2.25. The average molecular weight is 463 g/mol. The summed E-state index contributed by atoms with van der Waals surface area (Å²) in [5, 5.41) is 11.6. The molecule has 0 radical (unpaired) electrons. The Hall–Kier alpha value is -3.64. The van der Waals surface area contributed by atoms with E-state index in [2.05, 4.69) is 4.98 Å². The van der Waals surface area contributed by atoms with Gasteiger partial charge in [0.15, 0.2) is 0 Å². The molecule has 4 rings (SSSR count). The van der Waals surface area contributed by atoms with Crippen LogP contribution in [0.2, 0.25) is 5.02 Å². The Balaban J connectivity index is 1.84. The van der Waals surface area contributed by atoms with Crippen LogP contribution in [0.3, 0.4) is 0 Å². The molecule has 1 saturated heterocycles. The molecule has 2 aromatic carbocycles. The summed E-state index contributed by atoms with van der Waals surface area (Å²) in [6.07, 6.45) is 4.14. The molecule has 6 nitrogen and oxygen atoms in total. The van der Waals surface area contributed by atoms with E-state index in [1.165, 1.54) is 4.90 Å². The fourth-order valence-electron chi connectivity index (χ4n) is 3.84. The van der Waals surface area contributed by atoms with Crippen LogP contribution in [0, 0.1) is 0 Å². The van der Waals surface area contributed by atoms with Gasteiger partial charge in [-0.2, -0.15) is 0 Å². The summed E-state index contributed by atoms with van der Waals surface area (Å²) in [6.45, 7) is 2.73. The smallest absolute Gasteiger partial charge is 0.295 e. The molecule has 33 heavy (non-hydrogen) atoms. The minimum absolute atomic E-state index is 0.0267. The van der Waals surface area contributed by atoms with E-state index in [1.807, 2.05) is 31.2 Å². The number of halogens is 1. The van der Waals surface area contributed by atoms with Gasteiger partial charge in [0, 0.05) is 29.5 Å². The number of hydrogen-bond donors (Lipinski definition) is 1. The number of ether oxygens (including phenoxy) is 1. The Kier molecular flexibility index (Phi) is 6.75. The van der Waals surface area contributed by atoms with Crippen LogP contribution >= 0.6 is 11.6 Å². The number of amides is 1. The largest absolute Gasteiger partial charge is 0.507 e. The first-order valence-electron chi connectivity index (χ1n) is 10.7. The molecule has 7 heteroatoms. The number of aliphatic hydroxyl groups excluding tert-OH is 1. The molecule has 1 atom stereocenters. The first kappa shape index (κ1) is 22.6. The summed E-state index contributed by atoms with van der Waals surface area (Å²) in [5.74, 6) is -1.04. The van der Waals surface area contributed by atoms with Crippen LogP contribution in [0.25, 0.3) is 5.76 Å². The van der Waals surface area contributed by atoms with Gasteiger partial charge in [-0.05, 0) is 60.0 Å². The number of rotatable bonds is 7. The zero-order valence-electron chi connectivity index (χ0n) is 18.1. The van der Waals surface area contributed by atoms with Gasteiger partial charge in [-0.15, -0.1) is 0 Å². The highest BCUT2D eigenvalue weighted by molar-refractivity contribution is 6.46. The van der Waals surface area contributed by atoms with Crippen molar-refractivity contribution in [1.82, 2.24) is 9.88 Å². The first-order chi connectivity index (χ1) is 16.0. The number of carbonyl (C=O) groups is 2. The number of benzene rings is 2. The summed E-state index contributed by atoms with van der Waals surface area (Å²) in [6, 6.07) is 16.6. The Bertz CT molecular complexity index is 1190. The molecule has 1 amide bonds. The molecule has 1 aliphatic rings. The van der Waals surface area contributed by atoms with Crippen molar-refractivity contribution in [3.8, 4) is 5.75 Å². The third kappa shape index (κ3) is 4.76. The zero-order chi connectivity index (χ0) is 23.4. The number of ketones is 1. The van der Waals surface area contributed by atoms with Crippen molar-refractivity contribution >= 4 is 29.1 Å². The lowest BCUT2D eigenvalue weighted by molar-refractivity contribution is -0.140. The third-order valence-electron chi connectivity index (χ3n) is 5.38. The maximum atomic E-state index is 13.1. The van der Waals surface area contributed by atoms with Gasteiger partial charge in [0.25, 0.3) is 11.7 Å². The Labute approximate surface area is 197 Å². The molecule has 0 spiro atoms. The molecule has 1 N–H and O–H groups in total. The Morgan fingerprint density at radius 1 is 1.12 bits per heavy atom. The van der Waals surface area contributed by atoms with Crippen molar-refractivity contribution in [2.45, 2.75) is 25.9 Å².